The van der Waals surface area contributed by atoms with Gasteiger partial charge in [0.05, 0.1) is 7.11 Å². The average Bonchev–Trinajstić information content (AvgIpc) is 2.94. The van der Waals surface area contributed by atoms with Gasteiger partial charge in [0.15, 0.2) is 22.5 Å². The Morgan fingerprint density at radius 3 is 2.42 bits per heavy atom. The summed E-state index contributed by atoms with van der Waals surface area (Å²) in [5.41, 5.74) is 6.95. The molecular formula is C26H35Cl2N7O3. The van der Waals surface area contributed by atoms with Crippen molar-refractivity contribution in [3.05, 3.63) is 45.7 Å². The maximum atomic E-state index is 12.7. The molecule has 1 aromatic heterocycles. The summed E-state index contributed by atoms with van der Waals surface area (Å²) in [5.74, 6) is -0.108. The number of nitrogens with one attached hydrogen (secondary N) is 1. The third kappa shape index (κ3) is 5.98. The van der Waals surface area contributed by atoms with Crippen molar-refractivity contribution in [2.45, 2.75) is 44.3 Å². The number of nitrogen functional groups attached to an aromatic ring is 1. The van der Waals surface area contributed by atoms with E-state index >= 15 is 0 Å². The highest BCUT2D eigenvalue weighted by atomic mass is 35.5. The van der Waals surface area contributed by atoms with Crippen LogP contribution in [0.15, 0.2) is 24.3 Å². The standard InChI is InChI=1S/C26H35Cl2N7O3/c1-4-18-15-34(24-22(28)31-20(23(29)32-24)25(36)30-2)13-14-35(18)19-9-11-33(12-10-19)21(26(37)38-3)16-5-7-17(27)8-6-16/h5-8,18-19,21H,4,9-15H2,1-3H3,(H2,29,32)(H,30,36)/t18-,21+/m0/s1. The van der Waals surface area contributed by atoms with Crippen LogP contribution < -0.4 is 16.0 Å². The van der Waals surface area contributed by atoms with E-state index in [1.807, 2.05) is 12.1 Å². The van der Waals surface area contributed by atoms with Crippen molar-refractivity contribution in [3.8, 4) is 0 Å². The van der Waals surface area contributed by atoms with Crippen molar-refractivity contribution in [3.63, 3.8) is 0 Å². The molecule has 0 aliphatic carbocycles. The number of carbonyl (C=O) groups excluding carboxylic acids is 2. The molecule has 0 saturated carbocycles. The van der Waals surface area contributed by atoms with Crippen molar-refractivity contribution in [1.82, 2.24) is 25.1 Å². The van der Waals surface area contributed by atoms with Gasteiger partial charge in [-0.2, -0.15) is 0 Å². The maximum absolute atomic E-state index is 12.7. The Balaban J connectivity index is 1.42. The van der Waals surface area contributed by atoms with E-state index in [2.05, 4.69) is 36.9 Å². The molecule has 4 rings (SSSR count). The lowest BCUT2D eigenvalue weighted by Gasteiger charge is -2.48. The SMILES string of the molecule is CC[C@H]1CN(c2nc(N)c(C(=O)NC)nc2Cl)CCN1C1CCN([C@@H](C(=O)OC)c2ccc(Cl)cc2)CC1. The van der Waals surface area contributed by atoms with Gasteiger partial charge in [-0.05, 0) is 37.0 Å². The molecular weight excluding hydrogens is 529 g/mol. The molecule has 2 atom stereocenters. The van der Waals surface area contributed by atoms with Crippen LogP contribution in [0.2, 0.25) is 10.2 Å². The summed E-state index contributed by atoms with van der Waals surface area (Å²) in [6, 6.07) is 7.66. The van der Waals surface area contributed by atoms with Crippen LogP contribution in [0.25, 0.3) is 0 Å². The second-order valence-electron chi connectivity index (χ2n) is 9.64. The van der Waals surface area contributed by atoms with Gasteiger partial charge in [0.1, 0.15) is 6.04 Å². The topological polar surface area (TPSA) is 117 Å². The molecule has 12 heteroatoms. The van der Waals surface area contributed by atoms with Gasteiger partial charge in [0.2, 0.25) is 0 Å². The lowest BCUT2D eigenvalue weighted by molar-refractivity contribution is -0.148. The fourth-order valence-corrected chi connectivity index (χ4v) is 5.91. The smallest absolute Gasteiger partial charge is 0.327 e. The minimum Gasteiger partial charge on any atom is -0.468 e. The first-order valence-electron chi connectivity index (χ1n) is 12.9. The molecule has 38 heavy (non-hydrogen) atoms. The van der Waals surface area contributed by atoms with Crippen molar-refractivity contribution in [2.24, 2.45) is 0 Å². The van der Waals surface area contributed by atoms with Crippen LogP contribution >= 0.6 is 23.2 Å². The molecule has 2 fully saturated rings. The molecule has 0 unspecified atom stereocenters. The van der Waals surface area contributed by atoms with E-state index in [9.17, 15) is 9.59 Å². The summed E-state index contributed by atoms with van der Waals surface area (Å²) in [6.45, 7) is 6.06. The van der Waals surface area contributed by atoms with Crippen molar-refractivity contribution < 1.29 is 14.3 Å². The number of piperazine rings is 1. The van der Waals surface area contributed by atoms with E-state index in [-0.39, 0.29) is 22.6 Å². The number of anilines is 2. The third-order valence-corrected chi connectivity index (χ3v) is 8.05. The number of hydrogen-bond acceptors (Lipinski definition) is 9. The van der Waals surface area contributed by atoms with Crippen LogP contribution in [-0.4, -0.2) is 90.6 Å². The minimum atomic E-state index is -0.444. The molecule has 0 radical (unpaired) electrons. The quantitative estimate of drug-likeness (QED) is 0.490. The number of piperidine rings is 1. The van der Waals surface area contributed by atoms with Crippen LogP contribution in [0.4, 0.5) is 11.6 Å². The Kier molecular flexibility index (Phi) is 9.30. The summed E-state index contributed by atoms with van der Waals surface area (Å²) in [5, 5.41) is 3.31. The number of likely N-dealkylation sites (tertiary alicyclic amines) is 1. The molecule has 0 spiro atoms. The number of methoxy groups -OCH3 is 1. The molecule has 3 heterocycles. The number of halogens is 2. The molecule has 2 saturated heterocycles. The van der Waals surface area contributed by atoms with Crippen LogP contribution in [0.3, 0.4) is 0 Å². The predicted octanol–water partition coefficient (Wildman–Crippen LogP) is 3.00. The number of esters is 1. The first-order chi connectivity index (χ1) is 18.3. The van der Waals surface area contributed by atoms with Gasteiger partial charge in [-0.15, -0.1) is 0 Å². The Bertz CT molecular complexity index is 1140. The lowest BCUT2D eigenvalue weighted by atomic mass is 9.95. The molecule has 10 nitrogen and oxygen atoms in total. The van der Waals surface area contributed by atoms with E-state index in [0.717, 1.165) is 57.5 Å². The number of carbonyl (C=O) groups is 2. The van der Waals surface area contributed by atoms with E-state index in [1.165, 1.54) is 14.2 Å². The fourth-order valence-electron chi connectivity index (χ4n) is 5.54. The van der Waals surface area contributed by atoms with Crippen molar-refractivity contribution >= 4 is 46.7 Å². The van der Waals surface area contributed by atoms with Crippen LogP contribution in [0.5, 0.6) is 0 Å². The number of aromatic nitrogens is 2. The Hall–Kier alpha value is -2.66. The fraction of sp³-hybridized carbons (Fsp3) is 0.538. The lowest BCUT2D eigenvalue weighted by Crippen LogP contribution is -2.59. The van der Waals surface area contributed by atoms with Crippen molar-refractivity contribution in [1.29, 1.82) is 0 Å². The maximum Gasteiger partial charge on any atom is 0.327 e. The van der Waals surface area contributed by atoms with Crippen LogP contribution in [0.1, 0.15) is 48.3 Å². The zero-order chi connectivity index (χ0) is 27.4. The van der Waals surface area contributed by atoms with Gasteiger partial charge < -0.3 is 20.7 Å². The third-order valence-electron chi connectivity index (χ3n) is 7.55. The highest BCUT2D eigenvalue weighted by Crippen LogP contribution is 2.32. The van der Waals surface area contributed by atoms with Crippen molar-refractivity contribution in [2.75, 3.05) is 57.5 Å². The summed E-state index contributed by atoms with van der Waals surface area (Å²) in [4.78, 5) is 40.2. The zero-order valence-corrected chi connectivity index (χ0v) is 23.5. The summed E-state index contributed by atoms with van der Waals surface area (Å²) < 4.78 is 5.14. The zero-order valence-electron chi connectivity index (χ0n) is 22.0. The number of hydrogen-bond donors (Lipinski definition) is 2. The molecule has 2 aromatic rings. The minimum absolute atomic E-state index is 0.0301. The molecule has 3 N–H and O–H groups in total. The monoisotopic (exact) mass is 563 g/mol. The summed E-state index contributed by atoms with van der Waals surface area (Å²) in [7, 11) is 2.94. The van der Waals surface area contributed by atoms with Gasteiger partial charge in [0.25, 0.3) is 5.91 Å². The second kappa shape index (κ2) is 12.5. The number of amides is 1. The normalized spacial score (nSPS) is 20.2. The van der Waals surface area contributed by atoms with Crippen LogP contribution in [0, 0.1) is 0 Å². The van der Waals surface area contributed by atoms with Gasteiger partial charge in [-0.3, -0.25) is 14.6 Å². The van der Waals surface area contributed by atoms with Gasteiger partial charge >= 0.3 is 5.97 Å². The van der Waals surface area contributed by atoms with Gasteiger partial charge in [0, 0.05) is 56.9 Å². The summed E-state index contributed by atoms with van der Waals surface area (Å²) in [6.07, 6.45) is 2.86. The molecule has 1 amide bonds. The van der Waals surface area contributed by atoms with Gasteiger partial charge in [-0.25, -0.2) is 14.8 Å². The number of benzene rings is 1. The van der Waals surface area contributed by atoms with E-state index in [4.69, 9.17) is 33.7 Å². The molecule has 2 aliphatic heterocycles. The van der Waals surface area contributed by atoms with E-state index in [0.29, 0.717) is 22.9 Å². The average molecular weight is 565 g/mol. The predicted molar refractivity (Wildman–Crippen MR) is 149 cm³/mol. The van der Waals surface area contributed by atoms with E-state index in [1.54, 1.807) is 12.1 Å². The number of nitrogens with two attached hydrogens (primary N) is 1. The second-order valence-corrected chi connectivity index (χ2v) is 10.4. The number of nitrogens with zero attached hydrogens (tertiary/aromatic N) is 5. The number of rotatable bonds is 7. The molecule has 0 bridgehead atoms. The van der Waals surface area contributed by atoms with E-state index < -0.39 is 11.9 Å². The highest BCUT2D eigenvalue weighted by molar-refractivity contribution is 6.32. The molecule has 206 valence electrons. The molecule has 2 aliphatic rings. The molecule has 1 aromatic carbocycles. The Labute approximate surface area is 233 Å². The first-order valence-corrected chi connectivity index (χ1v) is 13.7. The largest absolute Gasteiger partial charge is 0.468 e. The van der Waals surface area contributed by atoms with Gasteiger partial charge in [-0.1, -0.05) is 42.3 Å². The number of ether oxygens (including phenoxy) is 1. The van der Waals surface area contributed by atoms with Crippen LogP contribution in [-0.2, 0) is 9.53 Å². The highest BCUT2D eigenvalue weighted by Gasteiger charge is 2.37. The Morgan fingerprint density at radius 1 is 1.13 bits per heavy atom. The first kappa shape index (κ1) is 28.4. The summed E-state index contributed by atoms with van der Waals surface area (Å²) >= 11 is 12.5. The Morgan fingerprint density at radius 2 is 1.82 bits per heavy atom.